The lowest BCUT2D eigenvalue weighted by atomic mass is 10.1. The molecule has 0 saturated carbocycles. The Morgan fingerprint density at radius 3 is 2.63 bits per heavy atom. The molecule has 3 saturated heterocycles. The third-order valence-corrected chi connectivity index (χ3v) is 7.27. The predicted molar refractivity (Wildman–Crippen MR) is 127 cm³/mol. The minimum Gasteiger partial charge on any atom is -0.444 e. The molecule has 3 amide bonds. The summed E-state index contributed by atoms with van der Waals surface area (Å²) in [7, 11) is 0. The maximum absolute atomic E-state index is 13.1. The van der Waals surface area contributed by atoms with E-state index in [4.69, 9.17) is 14.2 Å². The number of carbonyl (C=O) groups is 3. The molecule has 3 fully saturated rings. The molecule has 35 heavy (non-hydrogen) atoms. The zero-order valence-electron chi connectivity index (χ0n) is 20.1. The van der Waals surface area contributed by atoms with Crippen molar-refractivity contribution >= 4 is 41.4 Å². The lowest BCUT2D eigenvalue weighted by molar-refractivity contribution is -0.769. The van der Waals surface area contributed by atoms with Crippen LogP contribution in [0.15, 0.2) is 0 Å². The SMILES string of the molecule is CSCC[C@@H](NC(=O)[C@@H]1CSCN1C(=O)OC(C)(C)C)C(=O)N[C@H]1CO[C@H]2[C@@H]1OC[C@@H]2O[N+](=O)[O-]. The summed E-state index contributed by atoms with van der Waals surface area (Å²) in [5, 5.41) is 15.4. The maximum atomic E-state index is 13.1. The Morgan fingerprint density at radius 1 is 1.26 bits per heavy atom. The van der Waals surface area contributed by atoms with Crippen LogP contribution in [0.4, 0.5) is 4.79 Å². The summed E-state index contributed by atoms with van der Waals surface area (Å²) in [6.07, 6.45) is -0.418. The Balaban J connectivity index is 1.60. The van der Waals surface area contributed by atoms with Crippen LogP contribution in [0.2, 0.25) is 0 Å². The molecule has 3 aliphatic rings. The fraction of sp³-hybridized carbons (Fsp3) is 0.850. The van der Waals surface area contributed by atoms with Gasteiger partial charge in [0.15, 0.2) is 6.10 Å². The highest BCUT2D eigenvalue weighted by Gasteiger charge is 2.50. The average molecular weight is 537 g/mol. The standard InChI is InChI=1S/C20H32N4O9S2/c1-20(2,3)32-19(27)23-10-35-9-13(23)18(26)21-11(5-6-34-4)17(25)22-12-7-30-16-14(33-24(28)29)8-31-15(12)16/h11-16H,5-10H2,1-4H3,(H,21,26)(H,22,25)/t11-,12+,13+,14+,15-,16-/m1/s1. The van der Waals surface area contributed by atoms with Gasteiger partial charge in [-0.05, 0) is 39.2 Å². The summed E-state index contributed by atoms with van der Waals surface area (Å²) < 4.78 is 16.6. The number of carbonyl (C=O) groups excluding carboxylic acids is 3. The van der Waals surface area contributed by atoms with Crippen LogP contribution in [0.25, 0.3) is 0 Å². The zero-order valence-corrected chi connectivity index (χ0v) is 21.7. The number of hydrogen-bond acceptors (Lipinski definition) is 11. The lowest BCUT2D eigenvalue weighted by Gasteiger charge is -2.29. The molecule has 0 aromatic carbocycles. The quantitative estimate of drug-likeness (QED) is 0.310. The van der Waals surface area contributed by atoms with Crippen molar-refractivity contribution in [1.82, 2.24) is 15.5 Å². The Kier molecular flexibility index (Phi) is 9.34. The summed E-state index contributed by atoms with van der Waals surface area (Å²) in [6.45, 7) is 5.35. The molecule has 0 spiro atoms. The second-order valence-electron chi connectivity index (χ2n) is 9.39. The molecule has 0 aliphatic carbocycles. The van der Waals surface area contributed by atoms with Crippen LogP contribution in [0.3, 0.4) is 0 Å². The van der Waals surface area contributed by atoms with E-state index < -0.39 is 65.0 Å². The van der Waals surface area contributed by atoms with E-state index in [1.165, 1.54) is 28.4 Å². The molecule has 13 nitrogen and oxygen atoms in total. The second-order valence-corrected chi connectivity index (χ2v) is 11.4. The first-order chi connectivity index (χ1) is 16.5. The molecule has 0 aromatic rings. The van der Waals surface area contributed by atoms with Crippen molar-refractivity contribution < 1.29 is 38.5 Å². The molecule has 6 atom stereocenters. The molecule has 3 aliphatic heterocycles. The van der Waals surface area contributed by atoms with Gasteiger partial charge in [0.1, 0.15) is 29.9 Å². The van der Waals surface area contributed by atoms with Gasteiger partial charge in [0.25, 0.3) is 5.09 Å². The molecule has 0 unspecified atom stereocenters. The monoisotopic (exact) mass is 536 g/mol. The van der Waals surface area contributed by atoms with Crippen LogP contribution in [0.1, 0.15) is 27.2 Å². The Hall–Kier alpha value is -1.97. The molecule has 0 aromatic heterocycles. The number of amides is 3. The van der Waals surface area contributed by atoms with E-state index in [-0.39, 0.29) is 13.2 Å². The van der Waals surface area contributed by atoms with Crippen LogP contribution >= 0.6 is 23.5 Å². The molecule has 198 valence electrons. The Bertz CT molecular complexity index is 812. The summed E-state index contributed by atoms with van der Waals surface area (Å²) in [5.41, 5.74) is -0.695. The highest BCUT2D eigenvalue weighted by Crippen LogP contribution is 2.29. The zero-order chi connectivity index (χ0) is 25.8. The van der Waals surface area contributed by atoms with Crippen molar-refractivity contribution in [3.63, 3.8) is 0 Å². The summed E-state index contributed by atoms with van der Waals surface area (Å²) in [5.74, 6) is 0.490. The number of nitrogens with zero attached hydrogens (tertiary/aromatic N) is 2. The van der Waals surface area contributed by atoms with Gasteiger partial charge in [0.2, 0.25) is 11.8 Å². The van der Waals surface area contributed by atoms with Crippen LogP contribution < -0.4 is 10.6 Å². The summed E-state index contributed by atoms with van der Waals surface area (Å²) in [6, 6.07) is -2.13. The Morgan fingerprint density at radius 2 is 1.97 bits per heavy atom. The van der Waals surface area contributed by atoms with Crippen molar-refractivity contribution in [2.45, 2.75) is 69.2 Å². The van der Waals surface area contributed by atoms with Gasteiger partial charge in [-0.1, -0.05) is 0 Å². The Labute approximate surface area is 211 Å². The maximum Gasteiger partial charge on any atom is 0.411 e. The summed E-state index contributed by atoms with van der Waals surface area (Å²) >= 11 is 2.97. The van der Waals surface area contributed by atoms with Gasteiger partial charge in [-0.25, -0.2) is 4.79 Å². The highest BCUT2D eigenvalue weighted by atomic mass is 32.2. The van der Waals surface area contributed by atoms with Crippen LogP contribution in [0, 0.1) is 10.1 Å². The van der Waals surface area contributed by atoms with Crippen molar-refractivity contribution in [3.05, 3.63) is 10.1 Å². The van der Waals surface area contributed by atoms with Crippen LogP contribution in [-0.2, 0) is 28.6 Å². The number of thioether (sulfide) groups is 2. The number of nitrogens with one attached hydrogen (secondary N) is 2. The molecule has 0 bridgehead atoms. The first kappa shape index (κ1) is 27.6. The van der Waals surface area contributed by atoms with E-state index in [2.05, 4.69) is 15.5 Å². The van der Waals surface area contributed by atoms with Gasteiger partial charge in [0, 0.05) is 5.75 Å². The highest BCUT2D eigenvalue weighted by molar-refractivity contribution is 7.99. The average Bonchev–Trinajstić information content (AvgIpc) is 3.48. The largest absolute Gasteiger partial charge is 0.444 e. The van der Waals surface area contributed by atoms with E-state index in [1.54, 1.807) is 20.8 Å². The molecule has 3 rings (SSSR count). The topological polar surface area (TPSA) is 159 Å². The number of fused-ring (bicyclic) bond motifs is 1. The molecule has 3 heterocycles. The van der Waals surface area contributed by atoms with Gasteiger partial charge in [-0.3, -0.25) is 14.5 Å². The molecule has 0 radical (unpaired) electrons. The third-order valence-electron chi connectivity index (χ3n) is 5.61. The fourth-order valence-corrected chi connectivity index (χ4v) is 5.62. The molecule has 15 heteroatoms. The molecular weight excluding hydrogens is 504 g/mol. The minimum absolute atomic E-state index is 0.0187. The molecule has 2 N–H and O–H groups in total. The van der Waals surface area contributed by atoms with Gasteiger partial charge in [-0.15, -0.1) is 21.9 Å². The van der Waals surface area contributed by atoms with Gasteiger partial charge < -0.3 is 29.7 Å². The van der Waals surface area contributed by atoms with Gasteiger partial charge in [0.05, 0.1) is 25.1 Å². The first-order valence-corrected chi connectivity index (χ1v) is 13.8. The smallest absolute Gasteiger partial charge is 0.411 e. The summed E-state index contributed by atoms with van der Waals surface area (Å²) in [4.78, 5) is 55.4. The minimum atomic E-state index is -0.887. The first-order valence-electron chi connectivity index (χ1n) is 11.2. The lowest BCUT2D eigenvalue weighted by Crippen LogP contribution is -2.56. The predicted octanol–water partition coefficient (Wildman–Crippen LogP) is 0.394. The third kappa shape index (κ3) is 7.27. The normalized spacial score (nSPS) is 28.8. The van der Waals surface area contributed by atoms with Crippen LogP contribution in [-0.4, -0.2) is 107 Å². The van der Waals surface area contributed by atoms with Crippen LogP contribution in [0.5, 0.6) is 0 Å². The van der Waals surface area contributed by atoms with Crippen molar-refractivity contribution in [1.29, 1.82) is 0 Å². The fourth-order valence-electron chi connectivity index (χ4n) is 4.00. The van der Waals surface area contributed by atoms with E-state index in [0.29, 0.717) is 23.8 Å². The van der Waals surface area contributed by atoms with Gasteiger partial charge >= 0.3 is 6.09 Å². The van der Waals surface area contributed by atoms with E-state index >= 15 is 0 Å². The van der Waals surface area contributed by atoms with Gasteiger partial charge in [-0.2, -0.15) is 11.8 Å². The van der Waals surface area contributed by atoms with E-state index in [0.717, 1.165) is 0 Å². The number of rotatable bonds is 9. The number of hydrogen-bond donors (Lipinski definition) is 2. The molecular formula is C20H32N4O9S2. The number of ether oxygens (including phenoxy) is 3. The van der Waals surface area contributed by atoms with Crippen molar-refractivity contribution in [2.24, 2.45) is 0 Å². The second kappa shape index (κ2) is 11.8. The van der Waals surface area contributed by atoms with E-state index in [1.807, 2.05) is 6.26 Å². The van der Waals surface area contributed by atoms with E-state index in [9.17, 15) is 24.5 Å². The van der Waals surface area contributed by atoms with Crippen molar-refractivity contribution in [2.75, 3.05) is 36.9 Å². The van der Waals surface area contributed by atoms with Crippen molar-refractivity contribution in [3.8, 4) is 0 Å².